The van der Waals surface area contributed by atoms with Crippen molar-refractivity contribution in [3.63, 3.8) is 0 Å². The van der Waals surface area contributed by atoms with Gasteiger partial charge in [-0.25, -0.2) is 9.78 Å². The van der Waals surface area contributed by atoms with Crippen LogP contribution in [0.4, 0.5) is 5.82 Å². The molecule has 2 heterocycles. The van der Waals surface area contributed by atoms with E-state index in [2.05, 4.69) is 5.32 Å². The molecule has 29 heavy (non-hydrogen) atoms. The van der Waals surface area contributed by atoms with Gasteiger partial charge < -0.3 is 14.8 Å². The molecule has 0 saturated heterocycles. The summed E-state index contributed by atoms with van der Waals surface area (Å²) in [5.74, 6) is 1.24. The molecule has 7 heteroatoms. The lowest BCUT2D eigenvalue weighted by Gasteiger charge is -2.18. The van der Waals surface area contributed by atoms with E-state index in [-0.39, 0.29) is 5.97 Å². The first-order valence-electron chi connectivity index (χ1n) is 9.75. The molecule has 154 valence electrons. The van der Waals surface area contributed by atoms with Gasteiger partial charge in [-0.15, -0.1) is 0 Å². The first kappa shape index (κ1) is 20.6. The number of anilines is 1. The van der Waals surface area contributed by atoms with Crippen molar-refractivity contribution in [3.8, 4) is 16.9 Å². The Bertz CT molecular complexity index is 1040. The molecule has 2 aromatic heterocycles. The monoisotopic (exact) mass is 396 g/mol. The summed E-state index contributed by atoms with van der Waals surface area (Å²) in [6, 6.07) is 7.43. The summed E-state index contributed by atoms with van der Waals surface area (Å²) in [6.07, 6.45) is 1.52. The van der Waals surface area contributed by atoms with Crippen molar-refractivity contribution in [2.45, 2.75) is 46.6 Å². The molecule has 1 N–H and O–H groups in total. The van der Waals surface area contributed by atoms with Crippen LogP contribution < -0.4 is 10.1 Å². The number of rotatable bonds is 7. The Hall–Kier alpha value is -3.09. The molecule has 0 radical (unpaired) electrons. The van der Waals surface area contributed by atoms with Gasteiger partial charge in [0.2, 0.25) is 0 Å². The Balaban J connectivity index is 2.14. The highest BCUT2D eigenvalue weighted by molar-refractivity contribution is 5.84. The summed E-state index contributed by atoms with van der Waals surface area (Å²) >= 11 is 0. The van der Waals surface area contributed by atoms with E-state index in [1.165, 1.54) is 7.11 Å². The van der Waals surface area contributed by atoms with Crippen molar-refractivity contribution in [1.29, 1.82) is 0 Å². The summed E-state index contributed by atoms with van der Waals surface area (Å²) in [6.45, 7) is 7.99. The maximum atomic E-state index is 12.2. The fourth-order valence-electron chi connectivity index (χ4n) is 3.56. The smallest absolute Gasteiger partial charge is 0.328 e. The van der Waals surface area contributed by atoms with E-state index in [1.54, 1.807) is 11.6 Å². The molecule has 0 aliphatic rings. The number of carbonyl (C=O) groups excluding carboxylic acids is 1. The number of esters is 1. The molecule has 1 aromatic carbocycles. The number of hydrogen-bond acceptors (Lipinski definition) is 6. The van der Waals surface area contributed by atoms with Crippen LogP contribution in [0.3, 0.4) is 0 Å². The van der Waals surface area contributed by atoms with E-state index in [0.29, 0.717) is 6.42 Å². The summed E-state index contributed by atoms with van der Waals surface area (Å²) < 4.78 is 12.1. The van der Waals surface area contributed by atoms with Gasteiger partial charge in [0.05, 0.1) is 19.9 Å². The number of hydrogen-bond donors (Lipinski definition) is 1. The van der Waals surface area contributed by atoms with Gasteiger partial charge in [0.1, 0.15) is 17.6 Å². The Morgan fingerprint density at radius 3 is 2.59 bits per heavy atom. The predicted octanol–water partition coefficient (Wildman–Crippen LogP) is 4.08. The molecule has 0 aliphatic carbocycles. The predicted molar refractivity (Wildman–Crippen MR) is 114 cm³/mol. The summed E-state index contributed by atoms with van der Waals surface area (Å²) in [7, 11) is 3.06. The van der Waals surface area contributed by atoms with Crippen LogP contribution in [-0.2, 0) is 9.53 Å². The van der Waals surface area contributed by atoms with Crippen molar-refractivity contribution in [1.82, 2.24) is 14.6 Å². The highest BCUT2D eigenvalue weighted by Crippen LogP contribution is 2.33. The zero-order valence-electron chi connectivity index (χ0n) is 17.9. The van der Waals surface area contributed by atoms with Crippen LogP contribution >= 0.6 is 0 Å². The molecule has 1 atom stereocenters. The number of nitrogens with one attached hydrogen (secondary N) is 1. The molecule has 0 spiro atoms. The number of ether oxygens (including phenoxy) is 2. The van der Waals surface area contributed by atoms with E-state index in [1.807, 2.05) is 52.0 Å². The molecule has 7 nitrogen and oxygen atoms in total. The van der Waals surface area contributed by atoms with E-state index in [4.69, 9.17) is 19.6 Å². The minimum absolute atomic E-state index is 0.287. The van der Waals surface area contributed by atoms with Crippen molar-refractivity contribution in [2.24, 2.45) is 0 Å². The van der Waals surface area contributed by atoms with Crippen molar-refractivity contribution in [2.75, 3.05) is 19.5 Å². The molecular weight excluding hydrogens is 368 g/mol. The molecule has 3 rings (SSSR count). The first-order valence-corrected chi connectivity index (χ1v) is 9.75. The average molecular weight is 396 g/mol. The van der Waals surface area contributed by atoms with Crippen LogP contribution in [-0.4, -0.2) is 40.8 Å². The first-order chi connectivity index (χ1) is 13.9. The van der Waals surface area contributed by atoms with Crippen LogP contribution in [0.1, 0.15) is 36.7 Å². The Labute approximate surface area is 171 Å². The Kier molecular flexibility index (Phi) is 6.06. The van der Waals surface area contributed by atoms with Crippen molar-refractivity contribution < 1.29 is 14.3 Å². The second-order valence-corrected chi connectivity index (χ2v) is 7.17. The van der Waals surface area contributed by atoms with Crippen LogP contribution in [0, 0.1) is 20.8 Å². The minimum atomic E-state index is -0.439. The van der Waals surface area contributed by atoms with Crippen LogP contribution in [0.15, 0.2) is 24.3 Å². The van der Waals surface area contributed by atoms with Crippen molar-refractivity contribution >= 4 is 17.4 Å². The molecule has 0 aliphatic heterocycles. The lowest BCUT2D eigenvalue weighted by atomic mass is 10.0. The summed E-state index contributed by atoms with van der Waals surface area (Å²) in [5.41, 5.74) is 5.57. The molecule has 0 amide bonds. The van der Waals surface area contributed by atoms with Crippen LogP contribution in [0.25, 0.3) is 16.8 Å². The third kappa shape index (κ3) is 4.04. The Morgan fingerprint density at radius 2 is 1.97 bits per heavy atom. The molecule has 0 bridgehead atoms. The molecule has 3 aromatic rings. The van der Waals surface area contributed by atoms with Gasteiger partial charge in [-0.05, 0) is 50.5 Å². The standard InChI is InChI=1S/C22H28N4O3/c1-7-8-18(22(27)29-6)24-19-12-14(3)23-21-20(15(4)25-26(19)21)17-10-9-16(28-5)11-13(17)2/h9-12,18,24H,7-8H2,1-6H3/t18-/m0/s1. The third-order valence-electron chi connectivity index (χ3n) is 4.98. The maximum absolute atomic E-state index is 12.2. The quantitative estimate of drug-likeness (QED) is 0.606. The number of fused-ring (bicyclic) bond motifs is 1. The van der Waals surface area contributed by atoms with Gasteiger partial charge in [0, 0.05) is 17.3 Å². The fourth-order valence-corrected chi connectivity index (χ4v) is 3.56. The van der Waals surface area contributed by atoms with Crippen molar-refractivity contribution in [3.05, 3.63) is 41.2 Å². The van der Waals surface area contributed by atoms with E-state index in [0.717, 1.165) is 51.7 Å². The topological polar surface area (TPSA) is 77.8 Å². The number of methoxy groups -OCH3 is 2. The molecule has 0 fully saturated rings. The van der Waals surface area contributed by atoms with Gasteiger partial charge in [-0.3, -0.25) is 0 Å². The molecule has 0 saturated carbocycles. The van der Waals surface area contributed by atoms with E-state index >= 15 is 0 Å². The zero-order valence-corrected chi connectivity index (χ0v) is 17.9. The van der Waals surface area contributed by atoms with E-state index in [9.17, 15) is 4.79 Å². The number of aromatic nitrogens is 3. The normalized spacial score (nSPS) is 12.1. The number of aryl methyl sites for hydroxylation is 3. The second-order valence-electron chi connectivity index (χ2n) is 7.17. The summed E-state index contributed by atoms with van der Waals surface area (Å²) in [4.78, 5) is 16.9. The number of nitrogens with zero attached hydrogens (tertiary/aromatic N) is 3. The van der Waals surface area contributed by atoms with Gasteiger partial charge in [-0.2, -0.15) is 9.61 Å². The lowest BCUT2D eigenvalue weighted by Crippen LogP contribution is -2.31. The van der Waals surface area contributed by atoms with Crippen LogP contribution in [0.2, 0.25) is 0 Å². The SMILES string of the molecule is CCC[C@H](Nc1cc(C)nc2c(-c3ccc(OC)cc3C)c(C)nn12)C(=O)OC. The lowest BCUT2D eigenvalue weighted by molar-refractivity contribution is -0.141. The number of carbonyl (C=O) groups is 1. The van der Waals surface area contributed by atoms with Gasteiger partial charge in [0.25, 0.3) is 0 Å². The fraction of sp³-hybridized carbons (Fsp3) is 0.409. The Morgan fingerprint density at radius 1 is 1.21 bits per heavy atom. The third-order valence-corrected chi connectivity index (χ3v) is 4.98. The maximum Gasteiger partial charge on any atom is 0.328 e. The number of benzene rings is 1. The molecular formula is C22H28N4O3. The van der Waals surface area contributed by atoms with E-state index < -0.39 is 6.04 Å². The van der Waals surface area contributed by atoms with Gasteiger partial charge in [-0.1, -0.05) is 19.4 Å². The van der Waals surface area contributed by atoms with Gasteiger partial charge in [0.15, 0.2) is 5.65 Å². The summed E-state index contributed by atoms with van der Waals surface area (Å²) in [5, 5.41) is 8.03. The molecule has 0 unspecified atom stereocenters. The highest BCUT2D eigenvalue weighted by atomic mass is 16.5. The van der Waals surface area contributed by atoms with Crippen LogP contribution in [0.5, 0.6) is 5.75 Å². The largest absolute Gasteiger partial charge is 0.497 e. The zero-order chi connectivity index (χ0) is 21.1. The minimum Gasteiger partial charge on any atom is -0.497 e. The highest BCUT2D eigenvalue weighted by Gasteiger charge is 2.22. The average Bonchev–Trinajstić information content (AvgIpc) is 3.02. The second kappa shape index (κ2) is 8.51. The van der Waals surface area contributed by atoms with Gasteiger partial charge >= 0.3 is 5.97 Å².